The number of aliphatic carboxylic acids is 2. The summed E-state index contributed by atoms with van der Waals surface area (Å²) in [6, 6.07) is 6.63. The summed E-state index contributed by atoms with van der Waals surface area (Å²) in [5, 5.41) is 17.4. The third kappa shape index (κ3) is 16.6. The van der Waals surface area contributed by atoms with Gasteiger partial charge in [0.15, 0.2) is 0 Å². The number of benzene rings is 1. The highest BCUT2D eigenvalue weighted by molar-refractivity contribution is 5.66. The van der Waals surface area contributed by atoms with Crippen molar-refractivity contribution in [3.05, 3.63) is 29.3 Å². The number of ether oxygens (including phenoxy) is 1. The molecule has 5 nitrogen and oxygen atoms in total. The maximum Gasteiger partial charge on any atom is 0.303 e. The molecule has 1 aromatic carbocycles. The van der Waals surface area contributed by atoms with Crippen LogP contribution in [0.2, 0.25) is 0 Å². The molecular weight excluding hydrogens is 428 g/mol. The van der Waals surface area contributed by atoms with Gasteiger partial charge in [0.2, 0.25) is 0 Å². The molecule has 1 aromatic rings. The molecule has 0 amide bonds. The molecule has 0 atom stereocenters. The SMILES string of the molecule is CCCOc1ccc(CCCCCCCCCC(=O)O)c(CCCCCCCCCC(=O)O)c1. The molecule has 0 radical (unpaired) electrons. The van der Waals surface area contributed by atoms with E-state index in [-0.39, 0.29) is 0 Å². The topological polar surface area (TPSA) is 83.8 Å². The van der Waals surface area contributed by atoms with Gasteiger partial charge in [0.05, 0.1) is 6.61 Å². The van der Waals surface area contributed by atoms with E-state index in [0.717, 1.165) is 70.1 Å². The molecule has 1 rings (SSSR count). The summed E-state index contributed by atoms with van der Waals surface area (Å²) in [7, 11) is 0. The van der Waals surface area contributed by atoms with Crippen LogP contribution in [0.3, 0.4) is 0 Å². The molecule has 0 unspecified atom stereocenters. The number of carboxylic acids is 2. The maximum atomic E-state index is 10.6. The van der Waals surface area contributed by atoms with Crippen molar-refractivity contribution in [2.24, 2.45) is 0 Å². The van der Waals surface area contributed by atoms with Crippen LogP contribution in [0, 0.1) is 0 Å². The molecule has 34 heavy (non-hydrogen) atoms. The third-order valence-corrected chi connectivity index (χ3v) is 6.32. The quantitative estimate of drug-likeness (QED) is 0.156. The molecule has 0 aliphatic heterocycles. The average Bonchev–Trinajstić information content (AvgIpc) is 2.81. The molecule has 194 valence electrons. The first-order chi connectivity index (χ1) is 16.5. The fourth-order valence-electron chi connectivity index (χ4n) is 4.34. The van der Waals surface area contributed by atoms with Gasteiger partial charge >= 0.3 is 11.9 Å². The highest BCUT2D eigenvalue weighted by Crippen LogP contribution is 2.23. The molecule has 0 aliphatic rings. The summed E-state index contributed by atoms with van der Waals surface area (Å²) in [5.41, 5.74) is 2.89. The summed E-state index contributed by atoms with van der Waals surface area (Å²) in [5.74, 6) is -0.385. The van der Waals surface area contributed by atoms with E-state index in [2.05, 4.69) is 25.1 Å². The van der Waals surface area contributed by atoms with Crippen LogP contribution in [-0.4, -0.2) is 28.8 Å². The zero-order chi connectivity index (χ0) is 24.9. The molecule has 2 N–H and O–H groups in total. The number of carboxylic acid groups (broad SMARTS) is 2. The van der Waals surface area contributed by atoms with E-state index >= 15 is 0 Å². The van der Waals surface area contributed by atoms with Crippen molar-refractivity contribution in [3.8, 4) is 5.75 Å². The molecule has 5 heteroatoms. The molecule has 0 saturated heterocycles. The van der Waals surface area contributed by atoms with Gasteiger partial charge in [-0.1, -0.05) is 77.2 Å². The normalized spacial score (nSPS) is 11.0. The number of carbonyl (C=O) groups is 2. The number of unbranched alkanes of at least 4 members (excludes halogenated alkanes) is 12. The van der Waals surface area contributed by atoms with Gasteiger partial charge in [0, 0.05) is 12.8 Å². The van der Waals surface area contributed by atoms with Crippen LogP contribution in [0.1, 0.15) is 127 Å². The van der Waals surface area contributed by atoms with Crippen LogP contribution >= 0.6 is 0 Å². The predicted molar refractivity (Wildman–Crippen MR) is 139 cm³/mol. The largest absolute Gasteiger partial charge is 0.494 e. The van der Waals surface area contributed by atoms with Crippen molar-refractivity contribution >= 4 is 11.9 Å². The summed E-state index contributed by atoms with van der Waals surface area (Å²) in [6.45, 7) is 2.89. The first-order valence-electron chi connectivity index (χ1n) is 13.7. The van der Waals surface area contributed by atoms with Crippen LogP contribution in [0.15, 0.2) is 18.2 Å². The van der Waals surface area contributed by atoms with Crippen LogP contribution in [0.5, 0.6) is 5.75 Å². The third-order valence-electron chi connectivity index (χ3n) is 6.32. The molecule has 0 heterocycles. The second-order valence-electron chi connectivity index (χ2n) is 9.52. The van der Waals surface area contributed by atoms with Gasteiger partial charge in [0.1, 0.15) is 5.75 Å². The highest BCUT2D eigenvalue weighted by Gasteiger charge is 2.06. The smallest absolute Gasteiger partial charge is 0.303 e. The zero-order valence-corrected chi connectivity index (χ0v) is 21.5. The fourth-order valence-corrected chi connectivity index (χ4v) is 4.34. The van der Waals surface area contributed by atoms with E-state index in [0.29, 0.717) is 12.8 Å². The highest BCUT2D eigenvalue weighted by atomic mass is 16.5. The lowest BCUT2D eigenvalue weighted by Gasteiger charge is -2.13. The van der Waals surface area contributed by atoms with Crippen molar-refractivity contribution in [1.29, 1.82) is 0 Å². The van der Waals surface area contributed by atoms with Gasteiger partial charge in [-0.25, -0.2) is 0 Å². The first-order valence-corrected chi connectivity index (χ1v) is 13.7. The monoisotopic (exact) mass is 476 g/mol. The van der Waals surface area contributed by atoms with Gasteiger partial charge in [-0.05, 0) is 68.2 Å². The summed E-state index contributed by atoms with van der Waals surface area (Å²) >= 11 is 0. The molecule has 0 saturated carbocycles. The van der Waals surface area contributed by atoms with Crippen LogP contribution in [0.4, 0.5) is 0 Å². The maximum absolute atomic E-state index is 10.6. The second kappa shape index (κ2) is 20.3. The Morgan fingerprint density at radius 1 is 0.647 bits per heavy atom. The van der Waals surface area contributed by atoms with Gasteiger partial charge in [-0.2, -0.15) is 0 Å². The molecular formula is C29H48O5. The lowest BCUT2D eigenvalue weighted by Crippen LogP contribution is -2.00. The van der Waals surface area contributed by atoms with Gasteiger partial charge in [-0.15, -0.1) is 0 Å². The van der Waals surface area contributed by atoms with E-state index in [4.69, 9.17) is 14.9 Å². The molecule has 0 spiro atoms. The Hall–Kier alpha value is -2.04. The minimum Gasteiger partial charge on any atom is -0.494 e. The van der Waals surface area contributed by atoms with Crippen LogP contribution in [-0.2, 0) is 22.4 Å². The first kappa shape index (κ1) is 30.0. The number of rotatable bonds is 23. The second-order valence-corrected chi connectivity index (χ2v) is 9.52. The Morgan fingerprint density at radius 3 is 1.56 bits per heavy atom. The standard InChI is InChI=1S/C29H48O5/c1-2-23-34-27-22-21-25(17-13-9-5-3-7-11-15-19-28(30)31)26(24-27)18-14-10-6-4-8-12-16-20-29(32)33/h21-22,24H,2-20,23H2,1H3,(H,30,31)(H,32,33). The van der Waals surface area contributed by atoms with Crippen molar-refractivity contribution in [1.82, 2.24) is 0 Å². The Labute approximate surface area is 207 Å². The molecule has 0 aliphatic carbocycles. The lowest BCUT2D eigenvalue weighted by atomic mass is 9.96. The Morgan fingerprint density at radius 2 is 1.09 bits per heavy atom. The summed E-state index contributed by atoms with van der Waals surface area (Å²) in [4.78, 5) is 21.1. The van der Waals surface area contributed by atoms with Crippen LogP contribution in [0.25, 0.3) is 0 Å². The zero-order valence-electron chi connectivity index (χ0n) is 21.5. The Kier molecular flexibility index (Phi) is 17.9. The molecule has 0 fully saturated rings. The fraction of sp³-hybridized carbons (Fsp3) is 0.724. The molecule has 0 aromatic heterocycles. The lowest BCUT2D eigenvalue weighted by molar-refractivity contribution is -0.138. The molecule has 0 bridgehead atoms. The number of hydrogen-bond acceptors (Lipinski definition) is 3. The van der Waals surface area contributed by atoms with E-state index in [1.165, 1.54) is 62.5 Å². The van der Waals surface area contributed by atoms with Crippen molar-refractivity contribution in [2.45, 2.75) is 129 Å². The van der Waals surface area contributed by atoms with Gasteiger partial charge < -0.3 is 14.9 Å². The predicted octanol–water partition coefficient (Wildman–Crippen LogP) is 7.97. The Bertz CT molecular complexity index is 670. The van der Waals surface area contributed by atoms with E-state index in [9.17, 15) is 9.59 Å². The minimum atomic E-state index is -0.686. The average molecular weight is 477 g/mol. The minimum absolute atomic E-state index is 0.298. The van der Waals surface area contributed by atoms with Crippen molar-refractivity contribution < 1.29 is 24.5 Å². The van der Waals surface area contributed by atoms with Crippen LogP contribution < -0.4 is 4.74 Å². The van der Waals surface area contributed by atoms with Crippen molar-refractivity contribution in [3.63, 3.8) is 0 Å². The summed E-state index contributed by atoms with van der Waals surface area (Å²) < 4.78 is 5.88. The summed E-state index contributed by atoms with van der Waals surface area (Å²) in [6.07, 6.45) is 19.4. The van der Waals surface area contributed by atoms with Gasteiger partial charge in [0.25, 0.3) is 0 Å². The van der Waals surface area contributed by atoms with E-state index in [1.807, 2.05) is 0 Å². The number of hydrogen-bond donors (Lipinski definition) is 2. The van der Waals surface area contributed by atoms with E-state index < -0.39 is 11.9 Å². The van der Waals surface area contributed by atoms with Crippen molar-refractivity contribution in [2.75, 3.05) is 6.61 Å². The van der Waals surface area contributed by atoms with Gasteiger partial charge in [-0.3, -0.25) is 9.59 Å². The number of aryl methyl sites for hydroxylation is 2. The van der Waals surface area contributed by atoms with E-state index in [1.54, 1.807) is 0 Å². The Balaban J connectivity index is 2.31.